The average Bonchev–Trinajstić information content (AvgIpc) is 3.13. The smallest absolute Gasteiger partial charge is 0.373 e. The molecule has 0 aromatic heterocycles. The third kappa shape index (κ3) is 12.4. The van der Waals surface area contributed by atoms with Gasteiger partial charge in [0.05, 0.1) is 0 Å². The molecule has 0 saturated heterocycles. The number of halogens is 30. The molecular weight excluding hydrogens is 1070 g/mol. The monoisotopic (exact) mass is 1120 g/mol. The molecule has 71 heavy (non-hydrogen) atoms. The van der Waals surface area contributed by atoms with Crippen molar-refractivity contribution < 1.29 is 147 Å². The lowest BCUT2D eigenvalue weighted by Crippen LogP contribution is -2.66. The van der Waals surface area contributed by atoms with Crippen molar-refractivity contribution in [2.45, 2.75) is 177 Å². The molecule has 3 saturated carbocycles. The standard InChI is InChI=1S/C15H18F12O.C13H14F12O.C10H14F6O/c1-6-4-8(10(3,12(16,17)18)13(19,20)21)7(2)9(5-6)11(28,14(22,23)24)15(25,26)27;1-8(10(14,15)16,11(17,18)19)6-2-4-7(5-3-6)9(26,12(20,21)22)13(23,24)25;1-6-2-4-7(5-3-6)8(17,9(11,12)13)10(14,15)16/h6-9,28H,4-5H2,1-3H3;6-7,26H,2-5H2,1H3;6-7,17H,2-5H2,1H3. The van der Waals surface area contributed by atoms with Crippen LogP contribution < -0.4 is 0 Å². The van der Waals surface area contributed by atoms with Crippen molar-refractivity contribution in [2.24, 2.45) is 58.2 Å². The van der Waals surface area contributed by atoms with Crippen molar-refractivity contribution in [1.29, 1.82) is 0 Å². The van der Waals surface area contributed by atoms with E-state index in [9.17, 15) is 142 Å². The fourth-order valence-corrected chi connectivity index (χ4v) is 9.79. The molecule has 3 fully saturated rings. The van der Waals surface area contributed by atoms with Crippen LogP contribution in [0.1, 0.15) is 98.8 Å². The first-order valence-corrected chi connectivity index (χ1v) is 20.6. The van der Waals surface area contributed by atoms with Gasteiger partial charge in [-0.2, -0.15) is 132 Å². The Kier molecular flexibility index (Phi) is 19.2. The van der Waals surface area contributed by atoms with Gasteiger partial charge in [0.15, 0.2) is 10.8 Å². The van der Waals surface area contributed by atoms with Crippen molar-refractivity contribution in [2.75, 3.05) is 0 Å². The van der Waals surface area contributed by atoms with E-state index in [1.807, 2.05) is 0 Å². The Labute approximate surface area is 383 Å². The van der Waals surface area contributed by atoms with Crippen LogP contribution in [0.4, 0.5) is 132 Å². The molecule has 4 unspecified atom stereocenters. The van der Waals surface area contributed by atoms with Gasteiger partial charge in [-0.3, -0.25) is 0 Å². The zero-order valence-corrected chi connectivity index (χ0v) is 36.9. The minimum atomic E-state index is -6.35. The first-order valence-electron chi connectivity index (χ1n) is 20.6. The molecule has 0 radical (unpaired) electrons. The molecule has 0 bridgehead atoms. The molecule has 0 heterocycles. The van der Waals surface area contributed by atoms with Gasteiger partial charge in [0.25, 0.3) is 16.8 Å². The van der Waals surface area contributed by atoms with Crippen molar-refractivity contribution in [3.05, 3.63) is 0 Å². The summed E-state index contributed by atoms with van der Waals surface area (Å²) in [6, 6.07) is 0. The molecule has 4 atom stereocenters. The van der Waals surface area contributed by atoms with E-state index in [0.29, 0.717) is 6.92 Å². The Morgan fingerprint density at radius 1 is 0.268 bits per heavy atom. The zero-order valence-electron chi connectivity index (χ0n) is 36.9. The van der Waals surface area contributed by atoms with Gasteiger partial charge in [-0.15, -0.1) is 0 Å². The van der Waals surface area contributed by atoms with Crippen molar-refractivity contribution >= 4 is 0 Å². The molecule has 0 aromatic rings. The van der Waals surface area contributed by atoms with E-state index in [-0.39, 0.29) is 45.4 Å². The van der Waals surface area contributed by atoms with Crippen LogP contribution >= 0.6 is 0 Å². The van der Waals surface area contributed by atoms with Crippen LogP contribution in [0.25, 0.3) is 0 Å². The van der Waals surface area contributed by atoms with Crippen molar-refractivity contribution in [1.82, 2.24) is 0 Å². The van der Waals surface area contributed by atoms with E-state index in [0.717, 1.165) is 6.92 Å². The molecule has 0 aromatic carbocycles. The number of aliphatic hydroxyl groups is 3. The molecule has 0 amide bonds. The Hall–Kier alpha value is -2.22. The van der Waals surface area contributed by atoms with Crippen LogP contribution in [0.5, 0.6) is 0 Å². The lowest BCUT2D eigenvalue weighted by Gasteiger charge is -2.52. The molecule has 33 heteroatoms. The van der Waals surface area contributed by atoms with Crippen LogP contribution in [0, 0.1) is 58.2 Å². The number of hydrogen-bond acceptors (Lipinski definition) is 3. The van der Waals surface area contributed by atoms with Gasteiger partial charge in [0.2, 0.25) is 0 Å². The third-order valence-corrected chi connectivity index (χ3v) is 14.5. The summed E-state index contributed by atoms with van der Waals surface area (Å²) >= 11 is 0. The second kappa shape index (κ2) is 20.4. The molecule has 3 aliphatic carbocycles. The minimum absolute atomic E-state index is 0.108. The Morgan fingerprint density at radius 2 is 0.493 bits per heavy atom. The largest absolute Gasteiger partial charge is 0.426 e. The normalized spacial score (nSPS) is 27.3. The van der Waals surface area contributed by atoms with Gasteiger partial charge in [0.1, 0.15) is 0 Å². The molecule has 3 aliphatic rings. The predicted molar refractivity (Wildman–Crippen MR) is 183 cm³/mol. The van der Waals surface area contributed by atoms with E-state index in [2.05, 4.69) is 0 Å². The maximum absolute atomic E-state index is 13.3. The quantitative estimate of drug-likeness (QED) is 0.241. The van der Waals surface area contributed by atoms with Crippen LogP contribution in [0.3, 0.4) is 0 Å². The maximum atomic E-state index is 13.3. The van der Waals surface area contributed by atoms with Crippen LogP contribution in [-0.2, 0) is 0 Å². The van der Waals surface area contributed by atoms with Gasteiger partial charge < -0.3 is 15.3 Å². The van der Waals surface area contributed by atoms with E-state index in [4.69, 9.17) is 5.11 Å². The van der Waals surface area contributed by atoms with Crippen molar-refractivity contribution in [3.8, 4) is 0 Å². The summed E-state index contributed by atoms with van der Waals surface area (Å²) in [5.41, 5.74) is -24.0. The zero-order chi connectivity index (χ0) is 57.2. The molecule has 426 valence electrons. The van der Waals surface area contributed by atoms with E-state index in [1.165, 1.54) is 0 Å². The fraction of sp³-hybridized carbons (Fsp3) is 1.00. The van der Waals surface area contributed by atoms with E-state index >= 15 is 0 Å². The summed E-state index contributed by atoms with van der Waals surface area (Å²) in [4.78, 5) is 0. The molecular formula is C38H46F30O3. The second-order valence-electron chi connectivity index (χ2n) is 18.8. The maximum Gasteiger partial charge on any atom is 0.426 e. The molecule has 0 aliphatic heterocycles. The van der Waals surface area contributed by atoms with Gasteiger partial charge in [-0.25, -0.2) is 0 Å². The highest BCUT2D eigenvalue weighted by Crippen LogP contribution is 2.65. The van der Waals surface area contributed by atoms with Gasteiger partial charge in [-0.05, 0) is 94.8 Å². The summed E-state index contributed by atoms with van der Waals surface area (Å²) in [6.45, 7) is 2.74. The summed E-state index contributed by atoms with van der Waals surface area (Å²) in [6.07, 6.45) is -66.9. The highest BCUT2D eigenvalue weighted by Gasteiger charge is 2.80. The highest BCUT2D eigenvalue weighted by atomic mass is 19.5. The average molecular weight is 1120 g/mol. The molecule has 3 rings (SSSR count). The lowest BCUT2D eigenvalue weighted by atomic mass is 9.55. The van der Waals surface area contributed by atoms with Crippen LogP contribution in [-0.4, -0.2) is 93.9 Å². The van der Waals surface area contributed by atoms with Crippen molar-refractivity contribution in [3.63, 3.8) is 0 Å². The summed E-state index contributed by atoms with van der Waals surface area (Å²) in [7, 11) is 0. The minimum Gasteiger partial charge on any atom is -0.373 e. The predicted octanol–water partition coefficient (Wildman–Crippen LogP) is 15.7. The van der Waals surface area contributed by atoms with Gasteiger partial charge >= 0.3 is 61.8 Å². The third-order valence-electron chi connectivity index (χ3n) is 14.5. The topological polar surface area (TPSA) is 60.7 Å². The molecule has 3 nitrogen and oxygen atoms in total. The van der Waals surface area contributed by atoms with Gasteiger partial charge in [-0.1, -0.05) is 33.6 Å². The summed E-state index contributed by atoms with van der Waals surface area (Å²) < 4.78 is 389. The Balaban J connectivity index is 0.000000548. The van der Waals surface area contributed by atoms with Gasteiger partial charge in [0, 0.05) is 17.8 Å². The first-order chi connectivity index (χ1) is 30.7. The SMILES string of the molecule is CC(C1CCC(C(O)(C(F)(F)F)C(F)(F)F)CC1)(C(F)(F)F)C(F)(F)F.CC1CC(C(C)(C(F)(F)F)C(F)(F)F)C(C)C(C(O)(C(F)(F)F)C(F)(F)F)C1.CC1CCC(C(O)(C(F)(F)F)C(F)(F)F)CC1. The number of rotatable bonds is 5. The van der Waals surface area contributed by atoms with E-state index in [1.54, 1.807) is 6.92 Å². The first kappa shape index (κ1) is 66.8. The summed E-state index contributed by atoms with van der Waals surface area (Å²) in [5, 5.41) is 27.9. The Morgan fingerprint density at radius 3 is 0.732 bits per heavy atom. The fourth-order valence-electron chi connectivity index (χ4n) is 9.79. The molecule has 0 spiro atoms. The van der Waals surface area contributed by atoms with Crippen LogP contribution in [0.15, 0.2) is 0 Å². The number of alkyl halides is 30. The van der Waals surface area contributed by atoms with Crippen LogP contribution in [0.2, 0.25) is 0 Å². The molecule has 3 N–H and O–H groups in total. The Bertz CT molecular complexity index is 1520. The highest BCUT2D eigenvalue weighted by molar-refractivity contribution is 5.09. The van der Waals surface area contributed by atoms with E-state index < -0.39 is 169 Å². The lowest BCUT2D eigenvalue weighted by molar-refractivity contribution is -0.402. The second-order valence-corrected chi connectivity index (χ2v) is 18.8. The summed E-state index contributed by atoms with van der Waals surface area (Å²) in [5.74, 6) is -15.9. The number of hydrogen-bond donors (Lipinski definition) is 3.